The van der Waals surface area contributed by atoms with Crippen molar-refractivity contribution in [3.8, 4) is 0 Å². The number of benzene rings is 1. The van der Waals surface area contributed by atoms with Crippen molar-refractivity contribution >= 4 is 17.7 Å². The maximum atomic E-state index is 13.0. The fourth-order valence-corrected chi connectivity index (χ4v) is 4.58. The van der Waals surface area contributed by atoms with Crippen molar-refractivity contribution in [3.05, 3.63) is 35.4 Å². The van der Waals surface area contributed by atoms with E-state index in [2.05, 4.69) is 6.92 Å². The summed E-state index contributed by atoms with van der Waals surface area (Å²) in [7, 11) is 1.82. The first kappa shape index (κ1) is 25.1. The number of hydrogen-bond acceptors (Lipinski definition) is 3. The molecular formula is C24H32F3N3O3. The predicted octanol–water partition coefficient (Wildman–Crippen LogP) is 3.55. The Labute approximate surface area is 192 Å². The fraction of sp³-hybridized carbons (Fsp3) is 0.625. The van der Waals surface area contributed by atoms with Crippen LogP contribution in [0.3, 0.4) is 0 Å². The van der Waals surface area contributed by atoms with Crippen molar-refractivity contribution in [1.29, 1.82) is 0 Å². The lowest BCUT2D eigenvalue weighted by atomic mass is 9.94. The standard InChI is InChI=1S/C24H32F3N3O3/c1-3-4-10-28(2)22(32)18-8-11-29(12-9-18)23(33)19-14-21(31)30(16-19)15-17-6-5-7-20(13-17)24(25,26)27/h5-7,13,18-19H,3-4,8-12,14-16H2,1-2H3. The molecule has 0 N–H and O–H groups in total. The lowest BCUT2D eigenvalue weighted by Gasteiger charge is -2.34. The molecule has 3 amide bonds. The number of rotatable bonds is 7. The first-order chi connectivity index (χ1) is 15.6. The van der Waals surface area contributed by atoms with E-state index in [9.17, 15) is 27.6 Å². The summed E-state index contributed by atoms with van der Waals surface area (Å²) in [6.45, 7) is 4.03. The largest absolute Gasteiger partial charge is 0.416 e. The van der Waals surface area contributed by atoms with Gasteiger partial charge in [0.2, 0.25) is 17.7 Å². The van der Waals surface area contributed by atoms with E-state index in [1.54, 1.807) is 15.9 Å². The first-order valence-corrected chi connectivity index (χ1v) is 11.6. The maximum absolute atomic E-state index is 13.0. The minimum atomic E-state index is -4.44. The van der Waals surface area contributed by atoms with Crippen molar-refractivity contribution in [2.75, 3.05) is 33.2 Å². The summed E-state index contributed by atoms with van der Waals surface area (Å²) in [5.41, 5.74) is -0.366. The third kappa shape index (κ3) is 6.26. The van der Waals surface area contributed by atoms with Crippen molar-refractivity contribution in [2.24, 2.45) is 11.8 Å². The van der Waals surface area contributed by atoms with E-state index in [4.69, 9.17) is 0 Å². The second kappa shape index (κ2) is 10.6. The molecule has 6 nitrogen and oxygen atoms in total. The van der Waals surface area contributed by atoms with Crippen LogP contribution in [0.4, 0.5) is 13.2 Å². The first-order valence-electron chi connectivity index (χ1n) is 11.6. The summed E-state index contributed by atoms with van der Waals surface area (Å²) in [4.78, 5) is 43.0. The summed E-state index contributed by atoms with van der Waals surface area (Å²) in [5.74, 6) is -0.798. The Hall–Kier alpha value is -2.58. The molecule has 3 rings (SSSR count). The summed E-state index contributed by atoms with van der Waals surface area (Å²) < 4.78 is 38.9. The fourth-order valence-electron chi connectivity index (χ4n) is 4.58. The van der Waals surface area contributed by atoms with Gasteiger partial charge < -0.3 is 14.7 Å². The van der Waals surface area contributed by atoms with Gasteiger partial charge in [-0.1, -0.05) is 25.5 Å². The Kier molecular flexibility index (Phi) is 8.02. The number of hydrogen-bond donors (Lipinski definition) is 0. The van der Waals surface area contributed by atoms with Crippen LogP contribution in [0.2, 0.25) is 0 Å². The summed E-state index contributed by atoms with van der Waals surface area (Å²) in [6, 6.07) is 4.92. The molecule has 9 heteroatoms. The number of carbonyl (C=O) groups excluding carboxylic acids is 3. The zero-order chi connectivity index (χ0) is 24.2. The lowest BCUT2D eigenvalue weighted by molar-refractivity contribution is -0.141. The molecule has 0 bridgehead atoms. The predicted molar refractivity (Wildman–Crippen MR) is 117 cm³/mol. The Morgan fingerprint density at radius 2 is 1.85 bits per heavy atom. The van der Waals surface area contributed by atoms with Crippen molar-refractivity contribution in [2.45, 2.75) is 51.7 Å². The van der Waals surface area contributed by atoms with Gasteiger partial charge in [-0.05, 0) is 37.0 Å². The highest BCUT2D eigenvalue weighted by Gasteiger charge is 2.38. The van der Waals surface area contributed by atoms with E-state index < -0.39 is 17.7 Å². The number of piperidine rings is 1. The lowest BCUT2D eigenvalue weighted by Crippen LogP contribution is -2.45. The zero-order valence-corrected chi connectivity index (χ0v) is 19.2. The Morgan fingerprint density at radius 3 is 2.48 bits per heavy atom. The number of halogens is 3. The molecule has 1 atom stereocenters. The smallest absolute Gasteiger partial charge is 0.346 e. The topological polar surface area (TPSA) is 60.9 Å². The van der Waals surface area contributed by atoms with Gasteiger partial charge in [-0.15, -0.1) is 0 Å². The van der Waals surface area contributed by atoms with Crippen LogP contribution in [-0.4, -0.2) is 65.6 Å². The highest BCUT2D eigenvalue weighted by atomic mass is 19.4. The number of likely N-dealkylation sites (tertiary alicyclic amines) is 2. The third-order valence-electron chi connectivity index (χ3n) is 6.57. The van der Waals surface area contributed by atoms with Crippen molar-refractivity contribution in [1.82, 2.24) is 14.7 Å². The summed E-state index contributed by atoms with van der Waals surface area (Å²) in [5, 5.41) is 0. The zero-order valence-electron chi connectivity index (χ0n) is 19.2. The van der Waals surface area contributed by atoms with E-state index in [1.807, 2.05) is 7.05 Å². The van der Waals surface area contributed by atoms with E-state index in [-0.39, 0.29) is 43.1 Å². The van der Waals surface area contributed by atoms with Gasteiger partial charge in [0, 0.05) is 52.1 Å². The summed E-state index contributed by atoms with van der Waals surface area (Å²) in [6.07, 6.45) is -1.18. The monoisotopic (exact) mass is 467 g/mol. The minimum absolute atomic E-state index is 0.0488. The van der Waals surface area contributed by atoms with Gasteiger partial charge in [-0.25, -0.2) is 0 Å². The number of unbranched alkanes of at least 4 members (excludes halogenated alkanes) is 1. The highest BCUT2D eigenvalue weighted by Crippen LogP contribution is 2.31. The Bertz CT molecular complexity index is 866. The molecule has 2 fully saturated rings. The van der Waals surface area contributed by atoms with E-state index in [0.717, 1.165) is 31.5 Å². The SMILES string of the molecule is CCCCN(C)C(=O)C1CCN(C(=O)C2CC(=O)N(Cc3cccc(C(F)(F)F)c3)C2)CC1. The third-order valence-corrected chi connectivity index (χ3v) is 6.57. The van der Waals surface area contributed by atoms with Gasteiger partial charge in [0.15, 0.2) is 0 Å². The van der Waals surface area contributed by atoms with Crippen molar-refractivity contribution in [3.63, 3.8) is 0 Å². The molecule has 2 aliphatic rings. The second-order valence-electron chi connectivity index (χ2n) is 9.09. The molecule has 182 valence electrons. The Balaban J connectivity index is 1.52. The quantitative estimate of drug-likeness (QED) is 0.616. The van der Waals surface area contributed by atoms with Crippen molar-refractivity contribution < 1.29 is 27.6 Å². The van der Waals surface area contributed by atoms with Gasteiger partial charge in [-0.2, -0.15) is 13.2 Å². The van der Waals surface area contributed by atoms with Gasteiger partial charge in [0.05, 0.1) is 11.5 Å². The number of alkyl halides is 3. The molecule has 0 aliphatic carbocycles. The molecule has 0 radical (unpaired) electrons. The van der Waals surface area contributed by atoms with Crippen LogP contribution >= 0.6 is 0 Å². The molecule has 0 saturated carbocycles. The average molecular weight is 468 g/mol. The molecule has 33 heavy (non-hydrogen) atoms. The van der Waals surface area contributed by atoms with E-state index in [0.29, 0.717) is 31.5 Å². The van der Waals surface area contributed by atoms with E-state index in [1.165, 1.54) is 11.0 Å². The van der Waals surface area contributed by atoms with Gasteiger partial charge >= 0.3 is 6.18 Å². The van der Waals surface area contributed by atoms with Gasteiger partial charge in [0.25, 0.3) is 0 Å². The van der Waals surface area contributed by atoms with Crippen LogP contribution in [0.25, 0.3) is 0 Å². The highest BCUT2D eigenvalue weighted by molar-refractivity contribution is 5.89. The van der Waals surface area contributed by atoms with Crippen LogP contribution in [-0.2, 0) is 27.1 Å². The van der Waals surface area contributed by atoms with Gasteiger partial charge in [0.1, 0.15) is 0 Å². The van der Waals surface area contributed by atoms with Crippen LogP contribution in [0.1, 0.15) is 50.2 Å². The molecule has 0 aromatic heterocycles. The minimum Gasteiger partial charge on any atom is -0.346 e. The summed E-state index contributed by atoms with van der Waals surface area (Å²) >= 11 is 0. The van der Waals surface area contributed by atoms with Crippen LogP contribution in [0, 0.1) is 11.8 Å². The Morgan fingerprint density at radius 1 is 1.15 bits per heavy atom. The van der Waals surface area contributed by atoms with Crippen LogP contribution < -0.4 is 0 Å². The number of carbonyl (C=O) groups is 3. The molecule has 1 aromatic rings. The van der Waals surface area contributed by atoms with Crippen LogP contribution in [0.5, 0.6) is 0 Å². The van der Waals surface area contributed by atoms with Crippen LogP contribution in [0.15, 0.2) is 24.3 Å². The molecule has 1 aromatic carbocycles. The molecule has 2 saturated heterocycles. The molecule has 1 unspecified atom stereocenters. The van der Waals surface area contributed by atoms with Gasteiger partial charge in [-0.3, -0.25) is 14.4 Å². The molecule has 2 heterocycles. The normalized spacial score (nSPS) is 19.8. The number of nitrogens with zero attached hydrogens (tertiary/aromatic N) is 3. The number of amides is 3. The average Bonchev–Trinajstić information content (AvgIpc) is 3.16. The maximum Gasteiger partial charge on any atom is 0.416 e. The second-order valence-corrected chi connectivity index (χ2v) is 9.09. The molecule has 2 aliphatic heterocycles. The molecule has 0 spiro atoms. The molecular weight excluding hydrogens is 435 g/mol. The van der Waals surface area contributed by atoms with E-state index >= 15 is 0 Å².